The van der Waals surface area contributed by atoms with Gasteiger partial charge in [0.15, 0.2) is 0 Å². The lowest BCUT2D eigenvalue weighted by Gasteiger charge is -2.14. The molecule has 0 saturated carbocycles. The fourth-order valence-corrected chi connectivity index (χ4v) is 4.04. The van der Waals surface area contributed by atoms with Gasteiger partial charge in [-0.05, 0) is 62.9 Å². The highest BCUT2D eigenvalue weighted by atomic mass is 79.9. The summed E-state index contributed by atoms with van der Waals surface area (Å²) in [5, 5.41) is 0. The lowest BCUT2D eigenvalue weighted by molar-refractivity contribution is 0.412. The Hall–Kier alpha value is -2.08. The van der Waals surface area contributed by atoms with Gasteiger partial charge in [0.2, 0.25) is 5.58 Å². The van der Waals surface area contributed by atoms with Gasteiger partial charge in [-0.25, -0.2) is 9.78 Å². The number of aromatic nitrogens is 2. The molecule has 3 aromatic rings. The van der Waals surface area contributed by atoms with Crippen LogP contribution in [0.15, 0.2) is 31.9 Å². The van der Waals surface area contributed by atoms with Crippen LogP contribution in [0.3, 0.4) is 0 Å². The summed E-state index contributed by atoms with van der Waals surface area (Å²) in [6.07, 6.45) is 1.71. The highest BCUT2D eigenvalue weighted by Crippen LogP contribution is 2.35. The number of ether oxygens (including phenoxy) is 1. The van der Waals surface area contributed by atoms with Crippen molar-refractivity contribution < 1.29 is 9.15 Å². The fraction of sp³-hybridized carbons (Fsp3) is 0.400. The normalized spacial score (nSPS) is 11.5. The van der Waals surface area contributed by atoms with Crippen LogP contribution in [-0.4, -0.2) is 9.55 Å². The molecule has 0 spiro atoms. The summed E-state index contributed by atoms with van der Waals surface area (Å²) in [6, 6.07) is 5.95. The van der Waals surface area contributed by atoms with Gasteiger partial charge in [0, 0.05) is 16.2 Å². The highest BCUT2D eigenvalue weighted by Gasteiger charge is 2.21. The fourth-order valence-electron chi connectivity index (χ4n) is 3.35. The summed E-state index contributed by atoms with van der Waals surface area (Å²) in [7, 11) is 0. The van der Waals surface area contributed by atoms with Crippen molar-refractivity contribution in [3.8, 4) is 11.6 Å². The molecule has 1 aromatic carbocycles. The van der Waals surface area contributed by atoms with Gasteiger partial charge in [-0.3, -0.25) is 4.57 Å². The average molecular weight is 419 g/mol. The van der Waals surface area contributed by atoms with Crippen LogP contribution in [0.2, 0.25) is 0 Å². The van der Waals surface area contributed by atoms with Crippen LogP contribution >= 0.6 is 15.9 Å². The third kappa shape index (κ3) is 3.30. The first-order chi connectivity index (χ1) is 12.3. The Morgan fingerprint density at radius 1 is 1.15 bits per heavy atom. The smallest absolute Gasteiger partial charge is 0.420 e. The molecule has 2 heterocycles. The number of halogens is 1. The molecular formula is C20H23BrN2O3. The van der Waals surface area contributed by atoms with Gasteiger partial charge in [0.05, 0.1) is 5.52 Å². The van der Waals surface area contributed by atoms with Crippen molar-refractivity contribution in [3.05, 3.63) is 50.0 Å². The average Bonchev–Trinajstić information content (AvgIpc) is 2.89. The first-order valence-electron chi connectivity index (χ1n) is 8.82. The van der Waals surface area contributed by atoms with E-state index in [1.54, 1.807) is 4.57 Å². The van der Waals surface area contributed by atoms with Gasteiger partial charge < -0.3 is 9.15 Å². The van der Waals surface area contributed by atoms with Crippen LogP contribution in [-0.2, 0) is 0 Å². The molecule has 26 heavy (non-hydrogen) atoms. The predicted molar refractivity (Wildman–Crippen MR) is 106 cm³/mol. The van der Waals surface area contributed by atoms with E-state index in [1.165, 1.54) is 0 Å². The third-order valence-corrected chi connectivity index (χ3v) is 5.09. The van der Waals surface area contributed by atoms with E-state index in [2.05, 4.69) is 34.8 Å². The second-order valence-corrected chi connectivity index (χ2v) is 7.51. The first kappa shape index (κ1) is 18.7. The van der Waals surface area contributed by atoms with Gasteiger partial charge in [-0.15, -0.1) is 0 Å². The largest absolute Gasteiger partial charge is 0.435 e. The number of pyridine rings is 1. The molecular weight excluding hydrogens is 396 g/mol. The topological polar surface area (TPSA) is 57.3 Å². The lowest BCUT2D eigenvalue weighted by Crippen LogP contribution is -2.19. The third-order valence-electron chi connectivity index (χ3n) is 4.63. The summed E-state index contributed by atoms with van der Waals surface area (Å²) in [6.45, 7) is 9.98. The molecule has 2 aromatic heterocycles. The molecule has 3 rings (SSSR count). The van der Waals surface area contributed by atoms with Crippen molar-refractivity contribution in [3.63, 3.8) is 0 Å². The Morgan fingerprint density at radius 3 is 2.35 bits per heavy atom. The molecule has 0 atom stereocenters. The van der Waals surface area contributed by atoms with E-state index in [9.17, 15) is 4.79 Å². The second-order valence-electron chi connectivity index (χ2n) is 6.60. The number of hydrogen-bond acceptors (Lipinski definition) is 4. The quantitative estimate of drug-likeness (QED) is 0.522. The van der Waals surface area contributed by atoms with Crippen molar-refractivity contribution in [2.75, 3.05) is 0 Å². The molecule has 138 valence electrons. The number of oxazole rings is 1. The number of benzene rings is 1. The van der Waals surface area contributed by atoms with E-state index in [1.807, 2.05) is 39.0 Å². The van der Waals surface area contributed by atoms with Crippen molar-refractivity contribution in [1.29, 1.82) is 0 Å². The predicted octanol–water partition coefficient (Wildman–Crippen LogP) is 5.83. The summed E-state index contributed by atoms with van der Waals surface area (Å²) in [4.78, 5) is 17.0. The summed E-state index contributed by atoms with van der Waals surface area (Å²) in [5.41, 5.74) is 3.87. The number of rotatable bonds is 5. The molecule has 0 aliphatic carbocycles. The molecule has 0 radical (unpaired) electrons. The zero-order valence-electron chi connectivity index (χ0n) is 15.7. The molecule has 0 N–H and O–H groups in total. The van der Waals surface area contributed by atoms with Crippen LogP contribution in [0.4, 0.5) is 0 Å². The first-order valence-corrected chi connectivity index (χ1v) is 9.62. The SMILES string of the molecule is CCC(CC)n1c(=O)oc2c(Oc3c(C)cc(Br)cc3C)nc(C)cc21. The Bertz CT molecular complexity index is 993. The minimum Gasteiger partial charge on any atom is -0.435 e. The molecule has 0 saturated heterocycles. The van der Waals surface area contributed by atoms with E-state index in [0.29, 0.717) is 11.5 Å². The lowest BCUT2D eigenvalue weighted by atomic mass is 10.1. The van der Waals surface area contributed by atoms with Crippen molar-refractivity contribution in [1.82, 2.24) is 9.55 Å². The number of fused-ring (bicyclic) bond motifs is 1. The molecule has 0 bridgehead atoms. The van der Waals surface area contributed by atoms with Gasteiger partial charge in [0.25, 0.3) is 5.88 Å². The number of nitrogens with zero attached hydrogens (tertiary/aromatic N) is 2. The molecule has 0 aliphatic heterocycles. The summed E-state index contributed by atoms with van der Waals surface area (Å²) >= 11 is 3.49. The van der Waals surface area contributed by atoms with Crippen LogP contribution in [0, 0.1) is 20.8 Å². The maximum atomic E-state index is 12.5. The van der Waals surface area contributed by atoms with E-state index in [0.717, 1.165) is 45.4 Å². The Balaban J connectivity index is 2.19. The minimum atomic E-state index is -0.366. The van der Waals surface area contributed by atoms with Crippen LogP contribution in [0.5, 0.6) is 11.6 Å². The Labute approximate surface area is 161 Å². The monoisotopic (exact) mass is 418 g/mol. The van der Waals surface area contributed by atoms with Gasteiger partial charge in [-0.2, -0.15) is 0 Å². The number of aryl methyl sites for hydroxylation is 3. The van der Waals surface area contributed by atoms with Crippen LogP contribution in [0.1, 0.15) is 49.6 Å². The Kier molecular flexibility index (Phi) is 5.23. The zero-order valence-corrected chi connectivity index (χ0v) is 17.3. The molecule has 0 unspecified atom stereocenters. The van der Waals surface area contributed by atoms with Crippen LogP contribution in [0.25, 0.3) is 11.1 Å². The van der Waals surface area contributed by atoms with Crippen molar-refractivity contribution in [2.24, 2.45) is 0 Å². The van der Waals surface area contributed by atoms with E-state index in [-0.39, 0.29) is 11.8 Å². The summed E-state index contributed by atoms with van der Waals surface area (Å²) < 4.78 is 14.4. The Morgan fingerprint density at radius 2 is 1.77 bits per heavy atom. The maximum Gasteiger partial charge on any atom is 0.420 e. The molecule has 0 amide bonds. The van der Waals surface area contributed by atoms with Crippen molar-refractivity contribution in [2.45, 2.75) is 53.5 Å². The number of hydrogen-bond donors (Lipinski definition) is 0. The zero-order chi connectivity index (χ0) is 19.0. The van der Waals surface area contributed by atoms with Gasteiger partial charge in [-0.1, -0.05) is 29.8 Å². The minimum absolute atomic E-state index is 0.0922. The van der Waals surface area contributed by atoms with E-state index >= 15 is 0 Å². The molecule has 5 nitrogen and oxygen atoms in total. The maximum absolute atomic E-state index is 12.5. The molecule has 0 aliphatic rings. The summed E-state index contributed by atoms with van der Waals surface area (Å²) in [5.74, 6) is 0.691. The second kappa shape index (κ2) is 7.27. The van der Waals surface area contributed by atoms with E-state index < -0.39 is 0 Å². The highest BCUT2D eigenvalue weighted by molar-refractivity contribution is 9.10. The standard InChI is InChI=1S/C20H23BrN2O3/c1-6-15(7-2)23-16-10-13(5)22-19(18(16)26-20(23)24)25-17-11(3)8-14(21)9-12(17)4/h8-10,15H,6-7H2,1-5H3. The van der Waals surface area contributed by atoms with Gasteiger partial charge in [0.1, 0.15) is 5.75 Å². The molecule has 6 heteroatoms. The van der Waals surface area contributed by atoms with Crippen molar-refractivity contribution >= 4 is 27.0 Å². The van der Waals surface area contributed by atoms with Crippen LogP contribution < -0.4 is 10.5 Å². The van der Waals surface area contributed by atoms with Gasteiger partial charge >= 0.3 is 5.76 Å². The van der Waals surface area contributed by atoms with E-state index in [4.69, 9.17) is 9.15 Å². The molecule has 0 fully saturated rings.